The summed E-state index contributed by atoms with van der Waals surface area (Å²) in [5, 5.41) is 3.69. The number of carbonyl (C=O) groups is 3. The van der Waals surface area contributed by atoms with Crippen LogP contribution in [0.3, 0.4) is 0 Å². The van der Waals surface area contributed by atoms with Crippen LogP contribution >= 0.6 is 0 Å². The molecule has 0 unspecified atom stereocenters. The van der Waals surface area contributed by atoms with Gasteiger partial charge in [-0.15, -0.1) is 0 Å². The van der Waals surface area contributed by atoms with E-state index in [0.717, 1.165) is 62.4 Å². The Hall–Kier alpha value is -3.67. The van der Waals surface area contributed by atoms with E-state index in [9.17, 15) is 18.8 Å². The van der Waals surface area contributed by atoms with Gasteiger partial charge in [0.2, 0.25) is 5.91 Å². The van der Waals surface area contributed by atoms with Crippen LogP contribution in [0.5, 0.6) is 0 Å². The number of para-hydroxylation sites is 1. The number of aromatic nitrogens is 1. The molecule has 4 atom stereocenters. The lowest BCUT2D eigenvalue weighted by atomic mass is 9.88. The van der Waals surface area contributed by atoms with E-state index in [4.69, 9.17) is 4.74 Å². The minimum absolute atomic E-state index is 0.0585. The minimum Gasteiger partial charge on any atom is -0.376 e. The Morgan fingerprint density at radius 2 is 1.76 bits per heavy atom. The van der Waals surface area contributed by atoms with Crippen molar-refractivity contribution in [2.75, 3.05) is 44.8 Å². The Morgan fingerprint density at radius 1 is 1.04 bits per heavy atom. The van der Waals surface area contributed by atoms with E-state index < -0.39 is 5.82 Å². The van der Waals surface area contributed by atoms with Gasteiger partial charge in [0.1, 0.15) is 18.8 Å². The molecule has 270 valence electrons. The van der Waals surface area contributed by atoms with E-state index in [-0.39, 0.29) is 66.7 Å². The summed E-state index contributed by atoms with van der Waals surface area (Å²) in [5.41, 5.74) is 2.75. The van der Waals surface area contributed by atoms with Gasteiger partial charge >= 0.3 is 0 Å². The number of rotatable bonds is 11. The van der Waals surface area contributed by atoms with Crippen molar-refractivity contribution < 1.29 is 27.9 Å². The maximum Gasteiger partial charge on any atom is 0.257 e. The quantitative estimate of drug-likeness (QED) is 0.267. The average molecular weight is 692 g/mol. The summed E-state index contributed by atoms with van der Waals surface area (Å²) in [6.45, 7) is 8.61. The number of anilines is 1. The molecule has 3 aliphatic rings. The van der Waals surface area contributed by atoms with Crippen molar-refractivity contribution in [3.05, 3.63) is 65.1 Å². The second-order valence-electron chi connectivity index (χ2n) is 14.7. The maximum atomic E-state index is 15.7. The zero-order valence-corrected chi connectivity index (χ0v) is 29.7. The summed E-state index contributed by atoms with van der Waals surface area (Å²) in [6.07, 6.45) is 6.81. The lowest BCUT2D eigenvalue weighted by Crippen LogP contribution is -2.59. The van der Waals surface area contributed by atoms with Crippen molar-refractivity contribution in [3.8, 4) is 0 Å². The number of hydrogen-bond donors (Lipinski definition) is 1. The highest BCUT2D eigenvalue weighted by Gasteiger charge is 2.41. The highest BCUT2D eigenvalue weighted by molar-refractivity contribution is 6.13. The van der Waals surface area contributed by atoms with Crippen molar-refractivity contribution in [2.45, 2.75) is 89.6 Å². The van der Waals surface area contributed by atoms with Gasteiger partial charge < -0.3 is 24.3 Å². The van der Waals surface area contributed by atoms with Gasteiger partial charge in [0.05, 0.1) is 30.7 Å². The molecular formula is C39H51F2N5O4. The highest BCUT2D eigenvalue weighted by Crippen LogP contribution is 2.31. The average Bonchev–Trinajstić information content (AvgIpc) is 3.69. The number of ether oxygens (including phenoxy) is 1. The van der Waals surface area contributed by atoms with Crippen LogP contribution in [0.2, 0.25) is 0 Å². The Labute approximate surface area is 293 Å². The fourth-order valence-corrected chi connectivity index (χ4v) is 8.48. The number of aryl methyl sites for hydroxylation is 2. The van der Waals surface area contributed by atoms with Crippen LogP contribution in [-0.4, -0.2) is 107 Å². The molecule has 0 spiro atoms. The zero-order valence-electron chi connectivity index (χ0n) is 29.7. The third kappa shape index (κ3) is 7.80. The molecule has 2 aromatic carbocycles. The number of piperazine rings is 1. The smallest absolute Gasteiger partial charge is 0.257 e. The normalized spacial score (nSPS) is 26.4. The summed E-state index contributed by atoms with van der Waals surface area (Å²) < 4.78 is 37.2. The molecule has 1 saturated carbocycles. The summed E-state index contributed by atoms with van der Waals surface area (Å²) in [5.74, 6) is -0.930. The van der Waals surface area contributed by atoms with E-state index in [1.54, 1.807) is 19.2 Å². The molecule has 3 fully saturated rings. The fourth-order valence-electron chi connectivity index (χ4n) is 8.48. The first kappa shape index (κ1) is 36.1. The van der Waals surface area contributed by atoms with Crippen molar-refractivity contribution >= 4 is 34.7 Å². The van der Waals surface area contributed by atoms with Gasteiger partial charge in [-0.1, -0.05) is 24.3 Å². The number of alkyl halides is 1. The molecule has 2 aliphatic heterocycles. The number of halogens is 2. The standard InChI is InChI=1S/C39H51F2N5O4/c1-25-15-29(35(41)18-36(25)42-39(49)34-22-43(4)37-8-6-5-7-33(34)37)16-38(48)46-21-30(44-19-26(2)45(14-13-40)27(3)20-44)17-31(46)24-50-32-11-9-28(23-47)10-12-32/h5-8,15,18,22-23,26-28,30-32H,9-14,16-17,19-21,24H2,1-4H3,(H,42,49)/t26-,27+,28?,30-,31-,32?/m0/s1. The van der Waals surface area contributed by atoms with Crippen LogP contribution in [-0.2, 0) is 27.8 Å². The van der Waals surface area contributed by atoms with Crippen molar-refractivity contribution in [1.82, 2.24) is 19.3 Å². The Kier molecular flexibility index (Phi) is 11.3. The Balaban J connectivity index is 1.15. The molecule has 1 aromatic heterocycles. The van der Waals surface area contributed by atoms with Crippen molar-refractivity contribution in [2.24, 2.45) is 13.0 Å². The number of nitrogens with zero attached hydrogens (tertiary/aromatic N) is 4. The van der Waals surface area contributed by atoms with Gasteiger partial charge in [-0.2, -0.15) is 0 Å². The van der Waals surface area contributed by atoms with Gasteiger partial charge in [0, 0.05) is 80.1 Å². The van der Waals surface area contributed by atoms with Crippen LogP contribution in [0.15, 0.2) is 42.6 Å². The third-order valence-electron chi connectivity index (χ3n) is 11.3. The monoisotopic (exact) mass is 691 g/mol. The fraction of sp³-hybridized carbons (Fsp3) is 0.564. The number of nitrogens with one attached hydrogen (secondary N) is 1. The second kappa shape index (κ2) is 15.7. The zero-order chi connectivity index (χ0) is 35.5. The number of fused-ring (bicyclic) bond motifs is 1. The van der Waals surface area contributed by atoms with Crippen LogP contribution in [0.25, 0.3) is 10.9 Å². The van der Waals surface area contributed by atoms with Crippen LogP contribution in [0.1, 0.15) is 67.4 Å². The number of carbonyl (C=O) groups excluding carboxylic acids is 3. The number of amides is 2. The minimum atomic E-state index is -0.542. The predicted molar refractivity (Wildman–Crippen MR) is 191 cm³/mol. The molecule has 2 saturated heterocycles. The summed E-state index contributed by atoms with van der Waals surface area (Å²) >= 11 is 0. The highest BCUT2D eigenvalue weighted by atomic mass is 19.1. The number of likely N-dealkylation sites (tertiary alicyclic amines) is 1. The number of benzene rings is 2. The molecule has 0 bridgehead atoms. The Morgan fingerprint density at radius 3 is 2.46 bits per heavy atom. The lowest BCUT2D eigenvalue weighted by Gasteiger charge is -2.46. The van der Waals surface area contributed by atoms with Gasteiger partial charge in [0.15, 0.2) is 0 Å². The molecule has 1 aliphatic carbocycles. The van der Waals surface area contributed by atoms with Gasteiger partial charge in [-0.3, -0.25) is 19.4 Å². The van der Waals surface area contributed by atoms with E-state index in [0.29, 0.717) is 36.5 Å². The van der Waals surface area contributed by atoms with Gasteiger partial charge in [-0.05, 0) is 76.1 Å². The van der Waals surface area contributed by atoms with Crippen LogP contribution < -0.4 is 5.32 Å². The number of hydrogen-bond acceptors (Lipinski definition) is 6. The molecule has 6 rings (SSSR count). The molecule has 9 nitrogen and oxygen atoms in total. The molecule has 50 heavy (non-hydrogen) atoms. The first-order chi connectivity index (χ1) is 24.1. The molecular weight excluding hydrogens is 640 g/mol. The SMILES string of the molecule is Cc1cc(CC(=O)N2C[C@@H](N3C[C@@H](C)N(CCF)[C@@H](C)C3)C[C@H]2COC2CCC(C=O)CC2)c(F)cc1NC(=O)c1cn(C)c2ccccc12. The van der Waals surface area contributed by atoms with Gasteiger partial charge in [0.25, 0.3) is 5.91 Å². The molecule has 11 heteroatoms. The maximum absolute atomic E-state index is 15.7. The Bertz CT molecular complexity index is 1680. The first-order valence-corrected chi connectivity index (χ1v) is 18.1. The predicted octanol–water partition coefficient (Wildman–Crippen LogP) is 5.53. The molecule has 1 N–H and O–H groups in total. The van der Waals surface area contributed by atoms with Crippen LogP contribution in [0, 0.1) is 18.7 Å². The third-order valence-corrected chi connectivity index (χ3v) is 11.3. The summed E-state index contributed by atoms with van der Waals surface area (Å²) in [6, 6.07) is 10.9. The van der Waals surface area contributed by atoms with Crippen LogP contribution in [0.4, 0.5) is 14.5 Å². The summed E-state index contributed by atoms with van der Waals surface area (Å²) in [7, 11) is 1.88. The lowest BCUT2D eigenvalue weighted by molar-refractivity contribution is -0.133. The number of aldehydes is 1. The van der Waals surface area contributed by atoms with Gasteiger partial charge in [-0.25, -0.2) is 8.78 Å². The van der Waals surface area contributed by atoms with E-state index in [1.807, 2.05) is 40.8 Å². The van der Waals surface area contributed by atoms with E-state index in [2.05, 4.69) is 29.0 Å². The van der Waals surface area contributed by atoms with E-state index in [1.165, 1.54) is 6.07 Å². The molecule has 2 amide bonds. The topological polar surface area (TPSA) is 87.1 Å². The van der Waals surface area contributed by atoms with E-state index >= 15 is 4.39 Å². The molecule has 0 radical (unpaired) electrons. The second-order valence-corrected chi connectivity index (χ2v) is 14.7. The van der Waals surface area contributed by atoms with Crippen molar-refractivity contribution in [1.29, 1.82) is 0 Å². The van der Waals surface area contributed by atoms with Crippen molar-refractivity contribution in [3.63, 3.8) is 0 Å². The summed E-state index contributed by atoms with van der Waals surface area (Å²) in [4.78, 5) is 45.1. The first-order valence-electron chi connectivity index (χ1n) is 18.1. The largest absolute Gasteiger partial charge is 0.376 e. The molecule has 3 heterocycles. The molecule has 3 aromatic rings.